The number of para-hydroxylation sites is 1. The number of benzene rings is 2. The summed E-state index contributed by atoms with van der Waals surface area (Å²) < 4.78 is 0. The number of hydrogen-bond acceptors (Lipinski definition) is 5. The number of hydrogen-bond donors (Lipinski definition) is 2. The molecule has 0 saturated heterocycles. The maximum absolute atomic E-state index is 13.2. The van der Waals surface area contributed by atoms with Crippen LogP contribution in [0.4, 0.5) is 17.1 Å². The molecule has 0 amide bonds. The number of aryl methyl sites for hydroxylation is 1. The van der Waals surface area contributed by atoms with Crippen molar-refractivity contribution in [2.45, 2.75) is 39.7 Å². The highest BCUT2D eigenvalue weighted by atomic mass is 16.6. The summed E-state index contributed by atoms with van der Waals surface area (Å²) in [6.07, 6.45) is 1.13. The van der Waals surface area contributed by atoms with E-state index in [2.05, 4.69) is 24.5 Å². The standard InChI is InChI=1S/C22H23N3O3/c1-13-8-9-15-16(10-13)24-21(14-6-4-5-7-18(14)25(27)28)20-17(23-15)11-22(2,3)12-19(20)26/h4-10,21,23-24H,11-12H2,1-3H3. The summed E-state index contributed by atoms with van der Waals surface area (Å²) in [4.78, 5) is 24.4. The second-order valence-electron chi connectivity index (χ2n) is 8.40. The van der Waals surface area contributed by atoms with E-state index >= 15 is 0 Å². The largest absolute Gasteiger partial charge is 0.372 e. The van der Waals surface area contributed by atoms with E-state index in [0.717, 1.165) is 22.6 Å². The first kappa shape index (κ1) is 18.2. The molecule has 0 spiro atoms. The Labute approximate surface area is 163 Å². The minimum atomic E-state index is -0.573. The Balaban J connectivity index is 1.94. The van der Waals surface area contributed by atoms with Crippen LogP contribution < -0.4 is 10.6 Å². The van der Waals surface area contributed by atoms with Crippen LogP contribution in [-0.4, -0.2) is 10.7 Å². The number of nitro groups is 1. The molecule has 6 nitrogen and oxygen atoms in total. The molecule has 0 radical (unpaired) electrons. The van der Waals surface area contributed by atoms with Crippen LogP contribution in [0.5, 0.6) is 0 Å². The predicted molar refractivity (Wildman–Crippen MR) is 109 cm³/mol. The second-order valence-corrected chi connectivity index (χ2v) is 8.40. The van der Waals surface area contributed by atoms with Gasteiger partial charge in [0, 0.05) is 23.8 Å². The molecule has 0 aromatic heterocycles. The summed E-state index contributed by atoms with van der Waals surface area (Å²) in [7, 11) is 0. The maximum atomic E-state index is 13.2. The lowest BCUT2D eigenvalue weighted by molar-refractivity contribution is -0.385. The molecule has 2 aromatic rings. The van der Waals surface area contributed by atoms with Gasteiger partial charge in [-0.3, -0.25) is 14.9 Å². The minimum absolute atomic E-state index is 0.0144. The van der Waals surface area contributed by atoms with Crippen molar-refractivity contribution in [3.05, 3.63) is 75.0 Å². The van der Waals surface area contributed by atoms with Gasteiger partial charge in [-0.2, -0.15) is 0 Å². The third-order valence-electron chi connectivity index (χ3n) is 5.41. The molecule has 1 heterocycles. The van der Waals surface area contributed by atoms with Crippen molar-refractivity contribution >= 4 is 22.8 Å². The molecule has 1 aliphatic heterocycles. The molecular formula is C22H23N3O3. The van der Waals surface area contributed by atoms with Crippen molar-refractivity contribution in [3.63, 3.8) is 0 Å². The third-order valence-corrected chi connectivity index (χ3v) is 5.41. The fourth-order valence-electron chi connectivity index (χ4n) is 4.19. The molecule has 2 aliphatic rings. The first-order chi connectivity index (χ1) is 13.2. The molecule has 0 bridgehead atoms. The first-order valence-electron chi connectivity index (χ1n) is 9.39. The van der Waals surface area contributed by atoms with Gasteiger partial charge in [0.2, 0.25) is 0 Å². The van der Waals surface area contributed by atoms with Crippen LogP contribution in [0.2, 0.25) is 0 Å². The summed E-state index contributed by atoms with van der Waals surface area (Å²) in [5.41, 5.74) is 4.59. The van der Waals surface area contributed by atoms with E-state index < -0.39 is 6.04 Å². The quantitative estimate of drug-likeness (QED) is 0.560. The van der Waals surface area contributed by atoms with Gasteiger partial charge < -0.3 is 10.6 Å². The fourth-order valence-corrected chi connectivity index (χ4v) is 4.19. The molecule has 2 N–H and O–H groups in total. The molecule has 28 heavy (non-hydrogen) atoms. The highest BCUT2D eigenvalue weighted by molar-refractivity contribution is 6.01. The smallest absolute Gasteiger partial charge is 0.275 e. The van der Waals surface area contributed by atoms with E-state index in [1.807, 2.05) is 25.1 Å². The number of nitrogens with one attached hydrogen (secondary N) is 2. The average Bonchev–Trinajstić information content (AvgIpc) is 2.76. The summed E-state index contributed by atoms with van der Waals surface area (Å²) >= 11 is 0. The van der Waals surface area contributed by atoms with E-state index in [1.54, 1.807) is 18.2 Å². The van der Waals surface area contributed by atoms with Crippen molar-refractivity contribution in [2.75, 3.05) is 10.6 Å². The summed E-state index contributed by atoms with van der Waals surface area (Å²) in [5, 5.41) is 18.5. The van der Waals surface area contributed by atoms with Crippen LogP contribution in [-0.2, 0) is 4.79 Å². The Morgan fingerprint density at radius 2 is 1.86 bits per heavy atom. The number of nitro benzene ring substituents is 1. The molecule has 2 aromatic carbocycles. The molecule has 1 atom stereocenters. The van der Waals surface area contributed by atoms with Crippen LogP contribution >= 0.6 is 0 Å². The van der Waals surface area contributed by atoms with E-state index in [9.17, 15) is 14.9 Å². The van der Waals surface area contributed by atoms with Gasteiger partial charge in [-0.1, -0.05) is 32.0 Å². The predicted octanol–water partition coefficient (Wildman–Crippen LogP) is 5.13. The first-order valence-corrected chi connectivity index (χ1v) is 9.39. The molecule has 1 aliphatic carbocycles. The lowest BCUT2D eigenvalue weighted by atomic mass is 9.73. The summed E-state index contributed by atoms with van der Waals surface area (Å²) in [6, 6.07) is 12.1. The zero-order valence-electron chi connectivity index (χ0n) is 16.2. The SMILES string of the molecule is Cc1ccc2c(c1)NC(c1ccccc1[N+](=O)[O-])C1=C(CC(C)(C)CC1=O)N2. The molecule has 0 fully saturated rings. The number of ketones is 1. The van der Waals surface area contributed by atoms with Crippen molar-refractivity contribution in [1.82, 2.24) is 0 Å². The molecule has 6 heteroatoms. The summed E-state index contributed by atoms with van der Waals surface area (Å²) in [5.74, 6) is 0.0268. The van der Waals surface area contributed by atoms with Gasteiger partial charge in [0.05, 0.1) is 27.9 Å². The van der Waals surface area contributed by atoms with Crippen molar-refractivity contribution in [1.29, 1.82) is 0 Å². The van der Waals surface area contributed by atoms with Gasteiger partial charge in [-0.15, -0.1) is 0 Å². The number of nitrogens with zero attached hydrogens (tertiary/aromatic N) is 1. The number of fused-ring (bicyclic) bond motifs is 1. The number of carbonyl (C=O) groups is 1. The van der Waals surface area contributed by atoms with Crippen LogP contribution in [0.3, 0.4) is 0 Å². The van der Waals surface area contributed by atoms with Gasteiger partial charge in [0.15, 0.2) is 5.78 Å². The van der Waals surface area contributed by atoms with Gasteiger partial charge in [-0.05, 0) is 42.5 Å². The highest BCUT2D eigenvalue weighted by Crippen LogP contribution is 2.46. The average molecular weight is 377 g/mol. The van der Waals surface area contributed by atoms with Gasteiger partial charge in [0.25, 0.3) is 5.69 Å². The van der Waals surface area contributed by atoms with Crippen LogP contribution in [0.1, 0.15) is 43.9 Å². The summed E-state index contributed by atoms with van der Waals surface area (Å²) in [6.45, 7) is 6.14. The number of Topliss-reactive ketones (excluding diaryl/α,β-unsaturated/α-hetero) is 1. The minimum Gasteiger partial charge on any atom is -0.372 e. The topological polar surface area (TPSA) is 84.3 Å². The van der Waals surface area contributed by atoms with Crippen molar-refractivity contribution in [3.8, 4) is 0 Å². The van der Waals surface area contributed by atoms with Gasteiger partial charge in [0.1, 0.15) is 0 Å². The van der Waals surface area contributed by atoms with Crippen molar-refractivity contribution in [2.24, 2.45) is 5.41 Å². The van der Waals surface area contributed by atoms with E-state index in [0.29, 0.717) is 24.0 Å². The van der Waals surface area contributed by atoms with Crippen LogP contribution in [0, 0.1) is 22.5 Å². The Kier molecular flexibility index (Phi) is 4.22. The Bertz CT molecular complexity index is 1020. The fraction of sp³-hybridized carbons (Fsp3) is 0.318. The zero-order valence-corrected chi connectivity index (χ0v) is 16.2. The Hall–Kier alpha value is -3.15. The lowest BCUT2D eigenvalue weighted by Gasteiger charge is -2.34. The number of rotatable bonds is 2. The second kappa shape index (κ2) is 6.48. The monoisotopic (exact) mass is 377 g/mol. The molecule has 4 rings (SSSR count). The number of anilines is 2. The number of carbonyl (C=O) groups excluding carboxylic acids is 1. The highest BCUT2D eigenvalue weighted by Gasteiger charge is 2.40. The molecule has 144 valence electrons. The van der Waals surface area contributed by atoms with Gasteiger partial charge >= 0.3 is 0 Å². The molecular weight excluding hydrogens is 354 g/mol. The molecule has 0 saturated carbocycles. The van der Waals surface area contributed by atoms with Crippen LogP contribution in [0.25, 0.3) is 0 Å². The number of allylic oxidation sites excluding steroid dienone is 1. The maximum Gasteiger partial charge on any atom is 0.275 e. The van der Waals surface area contributed by atoms with Crippen LogP contribution in [0.15, 0.2) is 53.7 Å². The van der Waals surface area contributed by atoms with Gasteiger partial charge in [-0.25, -0.2) is 0 Å². The Morgan fingerprint density at radius 1 is 1.11 bits per heavy atom. The normalized spacial score (nSPS) is 20.4. The van der Waals surface area contributed by atoms with Crippen molar-refractivity contribution < 1.29 is 9.72 Å². The third kappa shape index (κ3) is 3.15. The van der Waals surface area contributed by atoms with E-state index in [1.165, 1.54) is 6.07 Å². The Morgan fingerprint density at radius 3 is 2.61 bits per heavy atom. The lowest BCUT2D eigenvalue weighted by Crippen LogP contribution is -2.31. The molecule has 1 unspecified atom stereocenters. The zero-order chi connectivity index (χ0) is 20.1. The van der Waals surface area contributed by atoms with E-state index in [4.69, 9.17) is 0 Å². The van der Waals surface area contributed by atoms with E-state index in [-0.39, 0.29) is 21.8 Å².